The molecule has 1 aromatic heterocycles. The summed E-state index contributed by atoms with van der Waals surface area (Å²) in [6.07, 6.45) is 2.80. The molecule has 2 atom stereocenters. The van der Waals surface area contributed by atoms with Gasteiger partial charge in [0.15, 0.2) is 0 Å². The molecule has 0 aromatic carbocycles. The fourth-order valence-electron chi connectivity index (χ4n) is 3.30. The number of halogens is 1. The molecule has 29 heavy (non-hydrogen) atoms. The number of carbonyl (C=O) groups is 2. The van der Waals surface area contributed by atoms with Gasteiger partial charge in [0.25, 0.3) is 0 Å². The van der Waals surface area contributed by atoms with Crippen LogP contribution in [0, 0.1) is 0 Å². The zero-order valence-electron chi connectivity index (χ0n) is 17.4. The second kappa shape index (κ2) is 11.0. The predicted molar refractivity (Wildman–Crippen MR) is 116 cm³/mol. The van der Waals surface area contributed by atoms with Crippen molar-refractivity contribution in [2.24, 2.45) is 0 Å². The van der Waals surface area contributed by atoms with Gasteiger partial charge in [0, 0.05) is 57.2 Å². The normalized spacial score (nSPS) is 19.6. The van der Waals surface area contributed by atoms with Crippen LogP contribution in [0.3, 0.4) is 0 Å². The number of β-amino-alcohol motifs (C(OH)–C–C–N with tert-alkyl or cyclic N) is 1. The number of piperazine rings is 1. The van der Waals surface area contributed by atoms with Crippen LogP contribution < -0.4 is 10.6 Å². The van der Waals surface area contributed by atoms with Gasteiger partial charge in [0.1, 0.15) is 6.04 Å². The fraction of sp³-hybridized carbons (Fsp3) is 0.650. The van der Waals surface area contributed by atoms with Crippen molar-refractivity contribution in [3.63, 3.8) is 0 Å². The molecule has 1 unspecified atom stereocenters. The quantitative estimate of drug-likeness (QED) is 0.475. The van der Waals surface area contributed by atoms with E-state index in [9.17, 15) is 14.7 Å². The molecule has 0 saturated carbocycles. The minimum atomic E-state index is -0.741. The highest BCUT2D eigenvalue weighted by atomic mass is 79.9. The molecule has 1 aliphatic rings. The molecule has 3 N–H and O–H groups in total. The number of aliphatic hydroxyl groups is 1. The molecule has 1 saturated heterocycles. The van der Waals surface area contributed by atoms with Crippen molar-refractivity contribution in [3.05, 3.63) is 30.1 Å². The number of nitrogens with one attached hydrogen (secondary N) is 2. The first-order valence-electron chi connectivity index (χ1n) is 9.86. The highest BCUT2D eigenvalue weighted by molar-refractivity contribution is 9.09. The molecule has 0 radical (unpaired) electrons. The smallest absolute Gasteiger partial charge is 0.239 e. The number of nitrogens with zero attached hydrogens (tertiary/aromatic N) is 3. The maximum Gasteiger partial charge on any atom is 0.239 e. The monoisotopic (exact) mass is 469 g/mol. The van der Waals surface area contributed by atoms with Crippen LogP contribution in [0.25, 0.3) is 0 Å². The van der Waals surface area contributed by atoms with Gasteiger partial charge in [-0.3, -0.25) is 24.4 Å². The Labute approximate surface area is 181 Å². The van der Waals surface area contributed by atoms with E-state index in [1.54, 1.807) is 12.4 Å². The maximum absolute atomic E-state index is 13.0. The summed E-state index contributed by atoms with van der Waals surface area (Å²) < 4.78 is 0. The Bertz CT molecular complexity index is 668. The lowest BCUT2D eigenvalue weighted by molar-refractivity contribution is -0.131. The molecule has 162 valence electrons. The van der Waals surface area contributed by atoms with Crippen LogP contribution in [0.5, 0.6) is 0 Å². The molecule has 2 amide bonds. The zero-order chi connectivity index (χ0) is 21.4. The molecule has 0 aliphatic carbocycles. The number of amides is 2. The summed E-state index contributed by atoms with van der Waals surface area (Å²) >= 11 is 3.09. The van der Waals surface area contributed by atoms with Gasteiger partial charge in [-0.2, -0.15) is 0 Å². The number of rotatable bonds is 8. The average molecular weight is 470 g/mol. The molecule has 9 heteroatoms. The van der Waals surface area contributed by atoms with Gasteiger partial charge in [0.2, 0.25) is 11.8 Å². The van der Waals surface area contributed by atoms with Gasteiger partial charge >= 0.3 is 0 Å². The molecule has 0 bridgehead atoms. The Hall–Kier alpha value is -1.55. The molecular weight excluding hydrogens is 438 g/mol. The third kappa shape index (κ3) is 8.38. The van der Waals surface area contributed by atoms with Gasteiger partial charge in [-0.05, 0) is 38.5 Å². The van der Waals surface area contributed by atoms with Gasteiger partial charge in [-0.25, -0.2) is 0 Å². The van der Waals surface area contributed by atoms with Crippen molar-refractivity contribution in [2.75, 3.05) is 38.1 Å². The number of aromatic nitrogens is 1. The van der Waals surface area contributed by atoms with E-state index in [1.165, 1.54) is 0 Å². The molecule has 2 heterocycles. The van der Waals surface area contributed by atoms with Crippen LogP contribution in [0.2, 0.25) is 0 Å². The van der Waals surface area contributed by atoms with Crippen LogP contribution in [0.15, 0.2) is 24.5 Å². The van der Waals surface area contributed by atoms with Crippen LogP contribution >= 0.6 is 15.9 Å². The Morgan fingerprint density at radius 1 is 1.31 bits per heavy atom. The molecular formula is C20H32BrN5O3. The second-order valence-corrected chi connectivity index (χ2v) is 8.99. The number of pyridine rings is 1. The molecule has 0 spiro atoms. The van der Waals surface area contributed by atoms with E-state index in [2.05, 4.69) is 36.4 Å². The maximum atomic E-state index is 13.0. The molecule has 1 fully saturated rings. The summed E-state index contributed by atoms with van der Waals surface area (Å²) in [6, 6.07) is 3.59. The van der Waals surface area contributed by atoms with Crippen molar-refractivity contribution < 1.29 is 14.7 Å². The number of hydrogen-bond donors (Lipinski definition) is 3. The van der Waals surface area contributed by atoms with E-state index in [-0.39, 0.29) is 35.3 Å². The van der Waals surface area contributed by atoms with E-state index in [0.29, 0.717) is 19.6 Å². The summed E-state index contributed by atoms with van der Waals surface area (Å²) in [5.41, 5.74) is 0.819. The van der Waals surface area contributed by atoms with E-state index >= 15 is 0 Å². The summed E-state index contributed by atoms with van der Waals surface area (Å²) in [7, 11) is 0. The third-order valence-electron chi connectivity index (χ3n) is 4.63. The topological polar surface area (TPSA) is 97.8 Å². The summed E-state index contributed by atoms with van der Waals surface area (Å²) in [6.45, 7) is 9.14. The minimum absolute atomic E-state index is 0.0476. The van der Waals surface area contributed by atoms with Crippen LogP contribution in [-0.4, -0.2) is 87.4 Å². The molecule has 2 rings (SSSR count). The first-order valence-corrected chi connectivity index (χ1v) is 11.0. The fourth-order valence-corrected chi connectivity index (χ4v) is 3.50. The third-order valence-corrected chi connectivity index (χ3v) is 5.14. The van der Waals surface area contributed by atoms with E-state index in [0.717, 1.165) is 18.7 Å². The number of carbonyl (C=O) groups excluding carboxylic acids is 2. The minimum Gasteiger partial charge on any atom is -0.390 e. The number of hydrogen-bond acceptors (Lipinski definition) is 6. The summed E-state index contributed by atoms with van der Waals surface area (Å²) in [5.74, 6) is -0.220. The Kier molecular flexibility index (Phi) is 9.01. The number of alkyl halides is 1. The van der Waals surface area contributed by atoms with Crippen molar-refractivity contribution in [3.8, 4) is 0 Å². The van der Waals surface area contributed by atoms with Crippen LogP contribution in [0.1, 0.15) is 26.3 Å². The summed E-state index contributed by atoms with van der Waals surface area (Å²) in [4.78, 5) is 32.7. The molecule has 8 nitrogen and oxygen atoms in total. The van der Waals surface area contributed by atoms with Crippen molar-refractivity contribution in [2.45, 2.75) is 45.0 Å². The lowest BCUT2D eigenvalue weighted by Crippen LogP contribution is -2.62. The first kappa shape index (κ1) is 23.7. The Morgan fingerprint density at radius 3 is 2.62 bits per heavy atom. The van der Waals surface area contributed by atoms with Gasteiger partial charge in [-0.1, -0.05) is 15.9 Å². The van der Waals surface area contributed by atoms with Crippen molar-refractivity contribution in [1.82, 2.24) is 25.4 Å². The highest BCUT2D eigenvalue weighted by Crippen LogP contribution is 2.15. The predicted octanol–water partition coefficient (Wildman–Crippen LogP) is 0.355. The van der Waals surface area contributed by atoms with Gasteiger partial charge in [-0.15, -0.1) is 0 Å². The Balaban J connectivity index is 2.02. The van der Waals surface area contributed by atoms with Crippen molar-refractivity contribution >= 4 is 27.7 Å². The van der Waals surface area contributed by atoms with Crippen LogP contribution in [-0.2, 0) is 16.1 Å². The van der Waals surface area contributed by atoms with Gasteiger partial charge < -0.3 is 15.7 Å². The van der Waals surface area contributed by atoms with Gasteiger partial charge in [0.05, 0.1) is 11.4 Å². The molecule has 1 aliphatic heterocycles. The van der Waals surface area contributed by atoms with E-state index in [1.807, 2.05) is 37.8 Å². The second-order valence-electron chi connectivity index (χ2n) is 8.43. The largest absolute Gasteiger partial charge is 0.390 e. The lowest BCUT2D eigenvalue weighted by atomic mass is 10.1. The van der Waals surface area contributed by atoms with E-state index < -0.39 is 6.10 Å². The van der Waals surface area contributed by atoms with Crippen molar-refractivity contribution in [1.29, 1.82) is 0 Å². The SMILES string of the molecule is CC(C)(C)NC(=O)[C@@H]1CN(Cc2ccncc2)CCN1CC(O)CNC(=O)CBr. The standard InChI is InChI=1S/C20H32BrN5O3/c1-20(2,3)24-19(29)17-14-25(12-15-4-6-22-7-5-15)8-9-26(17)13-16(27)11-23-18(28)10-21/h4-7,16-17,27H,8-14H2,1-3H3,(H,23,28)(H,24,29)/t16?,17-/m0/s1. The highest BCUT2D eigenvalue weighted by Gasteiger charge is 2.34. The average Bonchev–Trinajstić information content (AvgIpc) is 2.66. The Morgan fingerprint density at radius 2 is 2.00 bits per heavy atom. The lowest BCUT2D eigenvalue weighted by Gasteiger charge is -2.42. The zero-order valence-corrected chi connectivity index (χ0v) is 19.0. The summed E-state index contributed by atoms with van der Waals surface area (Å²) in [5, 5.41) is 16.3. The van der Waals surface area contributed by atoms with Crippen LogP contribution in [0.4, 0.5) is 0 Å². The molecule has 1 aromatic rings. The number of aliphatic hydroxyl groups excluding tert-OH is 1. The first-order chi connectivity index (χ1) is 13.7. The van der Waals surface area contributed by atoms with E-state index in [4.69, 9.17) is 0 Å².